The molecule has 0 radical (unpaired) electrons. The van der Waals surface area contributed by atoms with Crippen LogP contribution in [0.15, 0.2) is 12.7 Å². The Morgan fingerprint density at radius 2 is 1.73 bits per heavy atom. The first kappa shape index (κ1) is 13.5. The molecule has 1 rings (SSSR count). The lowest BCUT2D eigenvalue weighted by molar-refractivity contribution is -0.891. The molecule has 68 valence electrons. The molecule has 1 aliphatic heterocycles. The van der Waals surface area contributed by atoms with Crippen LogP contribution < -0.4 is 12.4 Å². The van der Waals surface area contributed by atoms with E-state index >= 15 is 0 Å². The minimum Gasteiger partial charge on any atom is -1.00 e. The average molecular weight is 180 g/mol. The zero-order chi connectivity index (χ0) is 8.20. The van der Waals surface area contributed by atoms with Crippen LogP contribution in [0.4, 0.5) is 0 Å². The Bertz CT molecular complexity index is 105. The molecule has 1 saturated heterocycles. The first-order valence-electron chi connectivity index (χ1n) is 3.52. The highest BCUT2D eigenvalue weighted by Crippen LogP contribution is 2.16. The van der Waals surface area contributed by atoms with Crippen molar-refractivity contribution >= 4 is 0 Å². The number of hydrogen-bond donors (Lipinski definition) is 0. The van der Waals surface area contributed by atoms with Gasteiger partial charge in [0.25, 0.3) is 0 Å². The van der Waals surface area contributed by atoms with Crippen LogP contribution in [0.3, 0.4) is 0 Å². The first-order valence-corrected chi connectivity index (χ1v) is 3.52. The van der Waals surface area contributed by atoms with Crippen molar-refractivity contribution in [2.24, 2.45) is 0 Å². The summed E-state index contributed by atoms with van der Waals surface area (Å²) in [5.41, 5.74) is 0. The van der Waals surface area contributed by atoms with Gasteiger partial charge in [0.1, 0.15) is 6.61 Å². The lowest BCUT2D eigenvalue weighted by atomic mass is 10.6. The molecule has 0 aromatic rings. The van der Waals surface area contributed by atoms with Gasteiger partial charge in [-0.3, -0.25) is 0 Å². The van der Waals surface area contributed by atoms with Gasteiger partial charge in [0, 0.05) is 0 Å². The van der Waals surface area contributed by atoms with Crippen LogP contribution in [0.2, 0.25) is 0 Å². The third kappa shape index (κ3) is 7.85. The number of epoxide rings is 1. The highest BCUT2D eigenvalue weighted by molar-refractivity contribution is 4.53. The van der Waals surface area contributed by atoms with Gasteiger partial charge in [-0.2, -0.15) is 0 Å². The van der Waals surface area contributed by atoms with E-state index in [0.29, 0.717) is 6.23 Å². The van der Waals surface area contributed by atoms with Crippen molar-refractivity contribution in [3.8, 4) is 0 Å². The van der Waals surface area contributed by atoms with Gasteiger partial charge < -0.3 is 21.6 Å². The molecule has 1 heterocycles. The van der Waals surface area contributed by atoms with Crippen LogP contribution in [0.25, 0.3) is 0 Å². The van der Waals surface area contributed by atoms with E-state index in [1.54, 1.807) is 6.08 Å². The largest absolute Gasteiger partial charge is 1.00 e. The molecule has 0 N–H and O–H groups in total. The van der Waals surface area contributed by atoms with Crippen LogP contribution in [-0.2, 0) is 4.74 Å². The van der Waals surface area contributed by atoms with E-state index in [0.717, 1.165) is 11.1 Å². The number of quaternary nitrogens is 1. The topological polar surface area (TPSA) is 12.5 Å². The van der Waals surface area contributed by atoms with E-state index in [2.05, 4.69) is 27.7 Å². The van der Waals surface area contributed by atoms with E-state index in [1.165, 1.54) is 0 Å². The molecule has 1 aliphatic rings. The molecule has 0 aromatic heterocycles. The molecule has 1 atom stereocenters. The number of nitrogens with zero attached hydrogens (tertiary/aromatic N) is 1. The molecule has 3 heteroatoms. The molecular weight excluding hydrogens is 162 g/mol. The second-order valence-corrected chi connectivity index (χ2v) is 3.31. The van der Waals surface area contributed by atoms with Gasteiger partial charge in [-0.25, -0.2) is 0 Å². The Morgan fingerprint density at radius 1 is 1.45 bits per heavy atom. The molecular formula is C8H18ClNO. The van der Waals surface area contributed by atoms with Gasteiger partial charge in [0.05, 0.1) is 21.1 Å². The summed E-state index contributed by atoms with van der Waals surface area (Å²) in [6.07, 6.45) is 2.24. The smallest absolute Gasteiger partial charge is 0.217 e. The normalized spacial score (nSPS) is 20.5. The average Bonchev–Trinajstić information content (AvgIpc) is 2.40. The van der Waals surface area contributed by atoms with Crippen LogP contribution in [0, 0.1) is 0 Å². The van der Waals surface area contributed by atoms with Crippen molar-refractivity contribution in [1.29, 1.82) is 0 Å². The van der Waals surface area contributed by atoms with Crippen LogP contribution in [-0.4, -0.2) is 38.5 Å². The fourth-order valence-electron chi connectivity index (χ4n) is 0.490. The van der Waals surface area contributed by atoms with E-state index in [1.807, 2.05) is 6.92 Å². The van der Waals surface area contributed by atoms with E-state index in [-0.39, 0.29) is 12.4 Å². The fraction of sp³-hybridized carbons (Fsp3) is 0.750. The number of ether oxygens (including phenoxy) is 1. The molecule has 1 unspecified atom stereocenters. The van der Waals surface area contributed by atoms with Crippen LogP contribution >= 0.6 is 0 Å². The lowest BCUT2D eigenvalue weighted by Crippen LogP contribution is -3.00. The Hall–Kier alpha value is -0.0500. The van der Waals surface area contributed by atoms with Gasteiger partial charge >= 0.3 is 0 Å². The minimum atomic E-state index is 0. The molecule has 0 spiro atoms. The predicted octanol–water partition coefficient (Wildman–Crippen LogP) is -1.75. The summed E-state index contributed by atoms with van der Waals surface area (Å²) in [6, 6.07) is 0. The molecule has 0 aliphatic carbocycles. The quantitative estimate of drug-likeness (QED) is 0.264. The van der Waals surface area contributed by atoms with Gasteiger partial charge in [0.2, 0.25) is 6.23 Å². The summed E-state index contributed by atoms with van der Waals surface area (Å²) in [5.74, 6) is 0. The number of allylic oxidation sites excluding steroid dienone is 1. The van der Waals surface area contributed by atoms with Crippen LogP contribution in [0.1, 0.15) is 6.92 Å². The maximum absolute atomic E-state index is 5.05. The molecule has 11 heavy (non-hydrogen) atoms. The maximum Gasteiger partial charge on any atom is 0.217 e. The number of hydrogen-bond acceptors (Lipinski definition) is 1. The Labute approximate surface area is 75.8 Å². The van der Waals surface area contributed by atoms with E-state index in [9.17, 15) is 0 Å². The second kappa shape index (κ2) is 5.58. The highest BCUT2D eigenvalue weighted by atomic mass is 35.5. The Morgan fingerprint density at radius 3 is 1.73 bits per heavy atom. The van der Waals surface area contributed by atoms with Gasteiger partial charge in [-0.05, 0) is 6.92 Å². The van der Waals surface area contributed by atoms with Crippen LogP contribution in [0.5, 0.6) is 0 Å². The number of rotatable bonds is 1. The van der Waals surface area contributed by atoms with Crippen molar-refractivity contribution in [3.63, 3.8) is 0 Å². The monoisotopic (exact) mass is 179 g/mol. The Balaban J connectivity index is 0. The van der Waals surface area contributed by atoms with Crippen molar-refractivity contribution in [2.75, 3.05) is 27.7 Å². The van der Waals surface area contributed by atoms with E-state index in [4.69, 9.17) is 4.74 Å². The second-order valence-electron chi connectivity index (χ2n) is 3.31. The predicted molar refractivity (Wildman–Crippen MR) is 43.6 cm³/mol. The summed E-state index contributed by atoms with van der Waals surface area (Å²) < 4.78 is 5.99. The number of halogens is 1. The molecule has 0 aromatic carbocycles. The van der Waals surface area contributed by atoms with Gasteiger partial charge in [-0.15, -0.1) is 6.58 Å². The summed E-state index contributed by atoms with van der Waals surface area (Å²) >= 11 is 0. The maximum atomic E-state index is 5.05. The molecule has 1 fully saturated rings. The molecule has 0 amide bonds. The first-order chi connectivity index (χ1) is 4.52. The molecule has 0 bridgehead atoms. The minimum absolute atomic E-state index is 0. The van der Waals surface area contributed by atoms with Gasteiger partial charge in [0.15, 0.2) is 0 Å². The third-order valence-electron chi connectivity index (χ3n) is 1.18. The molecule has 0 saturated carbocycles. The summed E-state index contributed by atoms with van der Waals surface area (Å²) in [6.45, 7) is 6.20. The standard InChI is InChI=1S/C5H12NO.C3H6.ClH/c1-6(2,3)5-4-7-5;1-3-2;/h5H,4H2,1-3H3;3H,1H2,2H3;1H/q+1;;/p-1. The van der Waals surface area contributed by atoms with E-state index < -0.39 is 0 Å². The van der Waals surface area contributed by atoms with Crippen molar-refractivity contribution < 1.29 is 21.6 Å². The van der Waals surface area contributed by atoms with Crippen molar-refractivity contribution in [2.45, 2.75) is 13.2 Å². The fourth-order valence-corrected chi connectivity index (χ4v) is 0.490. The van der Waals surface area contributed by atoms with Crippen molar-refractivity contribution in [1.82, 2.24) is 0 Å². The number of likely N-dealkylation sites (N-methyl/N-ethyl adjacent to an activating group) is 1. The zero-order valence-electron chi connectivity index (χ0n) is 7.80. The highest BCUT2D eigenvalue weighted by Gasteiger charge is 2.36. The molecule has 2 nitrogen and oxygen atoms in total. The lowest BCUT2D eigenvalue weighted by Gasteiger charge is -2.20. The summed E-state index contributed by atoms with van der Waals surface area (Å²) in [5, 5.41) is 0. The zero-order valence-corrected chi connectivity index (χ0v) is 8.56. The van der Waals surface area contributed by atoms with Crippen molar-refractivity contribution in [3.05, 3.63) is 12.7 Å². The summed E-state index contributed by atoms with van der Waals surface area (Å²) in [4.78, 5) is 0. The van der Waals surface area contributed by atoms with Gasteiger partial charge in [-0.1, -0.05) is 6.08 Å². The Kier molecular flexibility index (Phi) is 6.87. The SMILES string of the molecule is C=CC.C[N+](C)(C)C1CO1.[Cl-]. The third-order valence-corrected chi connectivity index (χ3v) is 1.18. The summed E-state index contributed by atoms with van der Waals surface area (Å²) in [7, 11) is 6.41.